The molecule has 2 rings (SSSR count). The molecule has 0 unspecified atom stereocenters. The maximum atomic E-state index is 5.47. The number of rotatable bonds is 3. The zero-order valence-electron chi connectivity index (χ0n) is 12.7. The lowest BCUT2D eigenvalue weighted by molar-refractivity contribution is 0.186. The first-order valence-corrected chi connectivity index (χ1v) is 8.09. The van der Waals surface area contributed by atoms with Crippen LogP contribution in [0.25, 0.3) is 0 Å². The van der Waals surface area contributed by atoms with Gasteiger partial charge in [-0.3, -0.25) is 0 Å². The molecule has 0 aliphatic heterocycles. The van der Waals surface area contributed by atoms with E-state index in [0.717, 1.165) is 22.6 Å². The fraction of sp³-hybridized carbons (Fsp3) is 0.588. The number of hydrogen-bond donors (Lipinski definition) is 2. The molecule has 20 heavy (non-hydrogen) atoms. The molecule has 1 fully saturated rings. The van der Waals surface area contributed by atoms with Gasteiger partial charge in [-0.25, -0.2) is 0 Å². The van der Waals surface area contributed by atoms with E-state index >= 15 is 0 Å². The van der Waals surface area contributed by atoms with E-state index in [1.807, 2.05) is 30.3 Å². The summed E-state index contributed by atoms with van der Waals surface area (Å²) in [6, 6.07) is 10.6. The van der Waals surface area contributed by atoms with Crippen LogP contribution in [0.5, 0.6) is 0 Å². The SMILES string of the molecule is CC(C)[C@H]1CC[C@H](C)C[C@@H]1NC(=S)Nc1ccccc1. The average Bonchev–Trinajstić information content (AvgIpc) is 2.39. The first-order valence-electron chi connectivity index (χ1n) is 7.69. The Hall–Kier alpha value is -1.09. The Morgan fingerprint density at radius 2 is 1.90 bits per heavy atom. The molecule has 0 radical (unpaired) electrons. The smallest absolute Gasteiger partial charge is 0.171 e. The van der Waals surface area contributed by atoms with Crippen molar-refractivity contribution >= 4 is 23.0 Å². The highest BCUT2D eigenvalue weighted by Gasteiger charge is 2.30. The molecular weight excluding hydrogens is 264 g/mol. The molecule has 2 N–H and O–H groups in total. The van der Waals surface area contributed by atoms with Crippen LogP contribution in [0.1, 0.15) is 40.0 Å². The zero-order valence-corrected chi connectivity index (χ0v) is 13.5. The number of benzene rings is 1. The molecule has 3 atom stereocenters. The van der Waals surface area contributed by atoms with Crippen molar-refractivity contribution in [1.82, 2.24) is 5.32 Å². The average molecular weight is 290 g/mol. The molecule has 1 aromatic rings. The molecule has 1 aliphatic rings. The molecule has 110 valence electrons. The van der Waals surface area contributed by atoms with Gasteiger partial charge in [0, 0.05) is 11.7 Å². The lowest BCUT2D eigenvalue weighted by Gasteiger charge is -2.38. The van der Waals surface area contributed by atoms with Crippen molar-refractivity contribution in [3.05, 3.63) is 30.3 Å². The van der Waals surface area contributed by atoms with Gasteiger partial charge in [0.1, 0.15) is 0 Å². The maximum absolute atomic E-state index is 5.47. The maximum Gasteiger partial charge on any atom is 0.171 e. The van der Waals surface area contributed by atoms with Crippen LogP contribution < -0.4 is 10.6 Å². The Morgan fingerprint density at radius 1 is 1.20 bits per heavy atom. The Bertz CT molecular complexity index is 430. The summed E-state index contributed by atoms with van der Waals surface area (Å²) >= 11 is 5.47. The molecule has 2 nitrogen and oxygen atoms in total. The van der Waals surface area contributed by atoms with Crippen LogP contribution in [0.2, 0.25) is 0 Å². The Kier molecular flexibility index (Phi) is 5.41. The van der Waals surface area contributed by atoms with Crippen molar-refractivity contribution in [2.24, 2.45) is 17.8 Å². The Labute approximate surface area is 128 Å². The van der Waals surface area contributed by atoms with Crippen molar-refractivity contribution in [1.29, 1.82) is 0 Å². The van der Waals surface area contributed by atoms with Crippen LogP contribution in [-0.2, 0) is 0 Å². The topological polar surface area (TPSA) is 24.1 Å². The van der Waals surface area contributed by atoms with Gasteiger partial charge in [0.2, 0.25) is 0 Å². The van der Waals surface area contributed by atoms with Gasteiger partial charge in [-0.15, -0.1) is 0 Å². The highest BCUT2D eigenvalue weighted by Crippen LogP contribution is 2.33. The first kappa shape index (κ1) is 15.3. The molecule has 1 aromatic carbocycles. The van der Waals surface area contributed by atoms with E-state index in [4.69, 9.17) is 12.2 Å². The summed E-state index contributed by atoms with van der Waals surface area (Å²) in [4.78, 5) is 0. The van der Waals surface area contributed by atoms with Crippen LogP contribution in [-0.4, -0.2) is 11.2 Å². The largest absolute Gasteiger partial charge is 0.359 e. The van der Waals surface area contributed by atoms with E-state index in [0.29, 0.717) is 12.0 Å². The second kappa shape index (κ2) is 7.07. The summed E-state index contributed by atoms with van der Waals surface area (Å²) in [6.45, 7) is 6.99. The molecular formula is C17H26N2S. The van der Waals surface area contributed by atoms with E-state index in [1.54, 1.807) is 0 Å². The normalized spacial score (nSPS) is 26.3. The molecule has 0 heterocycles. The van der Waals surface area contributed by atoms with Crippen molar-refractivity contribution in [2.45, 2.75) is 46.1 Å². The van der Waals surface area contributed by atoms with Crippen LogP contribution in [0.3, 0.4) is 0 Å². The first-order chi connectivity index (χ1) is 9.56. The molecule has 0 saturated heterocycles. The number of para-hydroxylation sites is 1. The van der Waals surface area contributed by atoms with Crippen molar-refractivity contribution in [3.63, 3.8) is 0 Å². The third kappa shape index (κ3) is 4.20. The molecule has 1 saturated carbocycles. The van der Waals surface area contributed by atoms with E-state index in [9.17, 15) is 0 Å². The predicted molar refractivity (Wildman–Crippen MR) is 90.9 cm³/mol. The molecule has 1 aliphatic carbocycles. The van der Waals surface area contributed by atoms with Gasteiger partial charge in [0.15, 0.2) is 5.11 Å². The minimum Gasteiger partial charge on any atom is -0.359 e. The van der Waals surface area contributed by atoms with E-state index in [1.165, 1.54) is 19.3 Å². The monoisotopic (exact) mass is 290 g/mol. The summed E-state index contributed by atoms with van der Waals surface area (Å²) in [5, 5.41) is 7.58. The van der Waals surface area contributed by atoms with E-state index < -0.39 is 0 Å². The van der Waals surface area contributed by atoms with Gasteiger partial charge in [0.05, 0.1) is 0 Å². The molecule has 0 spiro atoms. The van der Waals surface area contributed by atoms with Crippen LogP contribution in [0.4, 0.5) is 5.69 Å². The fourth-order valence-corrected chi connectivity index (χ4v) is 3.49. The van der Waals surface area contributed by atoms with Crippen LogP contribution in [0.15, 0.2) is 30.3 Å². The summed E-state index contributed by atoms with van der Waals surface area (Å²) in [7, 11) is 0. The Morgan fingerprint density at radius 3 is 2.55 bits per heavy atom. The Balaban J connectivity index is 1.94. The number of nitrogens with one attached hydrogen (secondary N) is 2. The second-order valence-electron chi connectivity index (χ2n) is 6.40. The molecule has 0 amide bonds. The van der Waals surface area contributed by atoms with Crippen LogP contribution >= 0.6 is 12.2 Å². The zero-order chi connectivity index (χ0) is 14.5. The third-order valence-corrected chi connectivity index (χ3v) is 4.59. The van der Waals surface area contributed by atoms with Gasteiger partial charge in [-0.05, 0) is 54.9 Å². The quantitative estimate of drug-likeness (QED) is 0.805. The lowest BCUT2D eigenvalue weighted by Crippen LogP contribution is -2.47. The van der Waals surface area contributed by atoms with Gasteiger partial charge >= 0.3 is 0 Å². The number of thiocarbonyl (C=S) groups is 1. The highest BCUT2D eigenvalue weighted by molar-refractivity contribution is 7.80. The standard InChI is InChI=1S/C17H26N2S/c1-12(2)15-10-9-13(3)11-16(15)19-17(20)18-14-7-5-4-6-8-14/h4-8,12-13,15-16H,9-11H2,1-3H3,(H2,18,19,20)/t13-,15+,16-/m0/s1. The van der Waals surface area contributed by atoms with E-state index in [-0.39, 0.29) is 0 Å². The molecule has 3 heteroatoms. The summed E-state index contributed by atoms with van der Waals surface area (Å²) in [5.74, 6) is 2.23. The van der Waals surface area contributed by atoms with Crippen molar-refractivity contribution in [3.8, 4) is 0 Å². The third-order valence-electron chi connectivity index (χ3n) is 4.37. The van der Waals surface area contributed by atoms with E-state index in [2.05, 4.69) is 31.4 Å². The van der Waals surface area contributed by atoms with Gasteiger partial charge in [-0.1, -0.05) is 45.4 Å². The summed E-state index contributed by atoms with van der Waals surface area (Å²) in [6.07, 6.45) is 3.88. The predicted octanol–water partition coefficient (Wildman–Crippen LogP) is 4.43. The minimum atomic E-state index is 0.502. The summed E-state index contributed by atoms with van der Waals surface area (Å²) < 4.78 is 0. The fourth-order valence-electron chi connectivity index (χ4n) is 3.23. The van der Waals surface area contributed by atoms with Gasteiger partial charge < -0.3 is 10.6 Å². The molecule has 0 aromatic heterocycles. The second-order valence-corrected chi connectivity index (χ2v) is 6.81. The summed E-state index contributed by atoms with van der Waals surface area (Å²) in [5.41, 5.74) is 1.05. The lowest BCUT2D eigenvalue weighted by atomic mass is 9.74. The van der Waals surface area contributed by atoms with Crippen molar-refractivity contribution in [2.75, 3.05) is 5.32 Å². The van der Waals surface area contributed by atoms with Crippen LogP contribution in [0, 0.1) is 17.8 Å². The molecule has 0 bridgehead atoms. The van der Waals surface area contributed by atoms with Gasteiger partial charge in [-0.2, -0.15) is 0 Å². The minimum absolute atomic E-state index is 0.502. The number of hydrogen-bond acceptors (Lipinski definition) is 1. The number of anilines is 1. The highest BCUT2D eigenvalue weighted by atomic mass is 32.1. The van der Waals surface area contributed by atoms with Crippen molar-refractivity contribution < 1.29 is 0 Å². The van der Waals surface area contributed by atoms with Gasteiger partial charge in [0.25, 0.3) is 0 Å².